The molecule has 1 aliphatic heterocycles. The fourth-order valence-electron chi connectivity index (χ4n) is 3.57. The highest BCUT2D eigenvalue weighted by molar-refractivity contribution is 7.91. The Kier molecular flexibility index (Phi) is 8.65. The summed E-state index contributed by atoms with van der Waals surface area (Å²) in [5.41, 5.74) is 0.201. The van der Waals surface area contributed by atoms with Crippen molar-refractivity contribution in [1.29, 1.82) is 0 Å². The molecule has 0 bridgehead atoms. The van der Waals surface area contributed by atoms with Gasteiger partial charge in [0.25, 0.3) is 15.9 Å². The summed E-state index contributed by atoms with van der Waals surface area (Å²) in [6.07, 6.45) is 5.51. The normalized spacial score (nSPS) is 17.6. The molecule has 3 rings (SSSR count). The summed E-state index contributed by atoms with van der Waals surface area (Å²) in [6.45, 7) is 4.44. The molecule has 1 aromatic carbocycles. The van der Waals surface area contributed by atoms with Gasteiger partial charge in [-0.1, -0.05) is 47.9 Å². The first-order valence-corrected chi connectivity index (χ1v) is 13.2. The average Bonchev–Trinajstić information content (AvgIpc) is 3.21. The lowest BCUT2D eigenvalue weighted by atomic mass is 10.00. The molecule has 1 saturated heterocycles. The summed E-state index contributed by atoms with van der Waals surface area (Å²) in [6, 6.07) is 5.05. The largest absolute Gasteiger partial charge is 0.300 e. The molecule has 2 heterocycles. The fourth-order valence-corrected chi connectivity index (χ4v) is 6.08. The predicted octanol–water partition coefficient (Wildman–Crippen LogP) is 4.03. The van der Waals surface area contributed by atoms with Crippen LogP contribution in [0.3, 0.4) is 0 Å². The Morgan fingerprint density at radius 3 is 2.84 bits per heavy atom. The number of anilines is 1. The minimum Gasteiger partial charge on any atom is -0.300 e. The van der Waals surface area contributed by atoms with Crippen LogP contribution in [-0.4, -0.2) is 55.1 Å². The molecule has 2 N–H and O–H groups in total. The molecule has 0 spiro atoms. The van der Waals surface area contributed by atoms with Gasteiger partial charge < -0.3 is 4.90 Å². The van der Waals surface area contributed by atoms with Crippen LogP contribution in [0.5, 0.6) is 0 Å². The highest BCUT2D eigenvalue weighted by atomic mass is 35.5. The van der Waals surface area contributed by atoms with Crippen LogP contribution in [0.1, 0.15) is 49.4 Å². The van der Waals surface area contributed by atoms with Crippen molar-refractivity contribution in [2.75, 3.05) is 25.0 Å². The molecule has 170 valence electrons. The average molecular weight is 506 g/mol. The topological polar surface area (TPSA) is 104 Å². The first kappa shape index (κ1) is 24.3. The van der Waals surface area contributed by atoms with Crippen molar-refractivity contribution < 1.29 is 13.2 Å². The second-order valence-corrected chi connectivity index (χ2v) is 11.1. The van der Waals surface area contributed by atoms with Crippen LogP contribution in [0.4, 0.5) is 5.13 Å². The molecule has 0 radical (unpaired) electrons. The van der Waals surface area contributed by atoms with Crippen LogP contribution in [0.15, 0.2) is 22.5 Å². The van der Waals surface area contributed by atoms with Crippen LogP contribution < -0.4 is 10.0 Å². The van der Waals surface area contributed by atoms with Crippen molar-refractivity contribution in [3.8, 4) is 0 Å². The summed E-state index contributed by atoms with van der Waals surface area (Å²) < 4.78 is 27.4. The standard InChI is InChI=1S/C19H25Cl2N5O3S2/c1-2-14-6-3-4-10-26(14)11-5-9-22-31(28,29)19-25-24-18(30-19)23-17(27)15-8-7-13(20)12-16(15)21/h7-8,12,14,22H,2-6,9-11H2,1H3,(H,23,24,27). The first-order chi connectivity index (χ1) is 14.8. The maximum Gasteiger partial charge on any atom is 0.269 e. The maximum atomic E-state index is 12.5. The van der Waals surface area contributed by atoms with Crippen molar-refractivity contribution >= 4 is 55.6 Å². The second kappa shape index (κ2) is 11.0. The van der Waals surface area contributed by atoms with E-state index in [9.17, 15) is 13.2 Å². The molecule has 1 aromatic heterocycles. The highest BCUT2D eigenvalue weighted by Crippen LogP contribution is 2.24. The van der Waals surface area contributed by atoms with Crippen LogP contribution in [0.2, 0.25) is 10.0 Å². The van der Waals surface area contributed by atoms with Crippen LogP contribution in [0, 0.1) is 0 Å². The van der Waals surface area contributed by atoms with Gasteiger partial charge >= 0.3 is 0 Å². The third-order valence-electron chi connectivity index (χ3n) is 5.17. The van der Waals surface area contributed by atoms with Crippen LogP contribution in [-0.2, 0) is 10.0 Å². The highest BCUT2D eigenvalue weighted by Gasteiger charge is 2.23. The van der Waals surface area contributed by atoms with Gasteiger partial charge in [0.2, 0.25) is 9.47 Å². The summed E-state index contributed by atoms with van der Waals surface area (Å²) in [7, 11) is -3.79. The second-order valence-electron chi connectivity index (χ2n) is 7.30. The Labute approximate surface area is 196 Å². The number of piperidine rings is 1. The Balaban J connectivity index is 1.52. The number of aromatic nitrogens is 2. The van der Waals surface area contributed by atoms with Gasteiger partial charge in [-0.3, -0.25) is 10.1 Å². The van der Waals surface area contributed by atoms with E-state index in [2.05, 4.69) is 32.1 Å². The number of sulfonamides is 1. The lowest BCUT2D eigenvalue weighted by Gasteiger charge is -2.35. The van der Waals surface area contributed by atoms with Crippen LogP contribution >= 0.6 is 34.5 Å². The van der Waals surface area contributed by atoms with E-state index in [1.165, 1.54) is 37.5 Å². The van der Waals surface area contributed by atoms with Crippen LogP contribution in [0.25, 0.3) is 0 Å². The van der Waals surface area contributed by atoms with E-state index in [0.29, 0.717) is 24.0 Å². The molecule has 31 heavy (non-hydrogen) atoms. The van der Waals surface area contributed by atoms with Crippen molar-refractivity contribution in [3.05, 3.63) is 33.8 Å². The Hall–Kier alpha value is -1.30. The lowest BCUT2D eigenvalue weighted by molar-refractivity contribution is 0.102. The smallest absolute Gasteiger partial charge is 0.269 e. The van der Waals surface area contributed by atoms with Gasteiger partial charge in [-0.15, -0.1) is 10.2 Å². The molecule has 1 unspecified atom stereocenters. The van der Waals surface area contributed by atoms with Gasteiger partial charge in [0.05, 0.1) is 10.6 Å². The Morgan fingerprint density at radius 1 is 1.29 bits per heavy atom. The van der Waals surface area contributed by atoms with Gasteiger partial charge in [-0.25, -0.2) is 13.1 Å². The number of likely N-dealkylation sites (tertiary alicyclic amines) is 1. The number of halogens is 2. The number of rotatable bonds is 9. The zero-order chi connectivity index (χ0) is 22.4. The molecule has 1 amide bonds. The summed E-state index contributed by atoms with van der Waals surface area (Å²) in [4.78, 5) is 14.8. The van der Waals surface area contributed by atoms with Crippen molar-refractivity contribution in [3.63, 3.8) is 0 Å². The van der Waals surface area contributed by atoms with E-state index in [0.717, 1.165) is 30.8 Å². The number of hydrogen-bond donors (Lipinski definition) is 2. The molecule has 2 aromatic rings. The molecule has 0 saturated carbocycles. The summed E-state index contributed by atoms with van der Waals surface area (Å²) >= 11 is 12.6. The SMILES string of the molecule is CCC1CCCCN1CCCNS(=O)(=O)c1nnc(NC(=O)c2ccc(Cl)cc2Cl)s1. The predicted molar refractivity (Wildman–Crippen MR) is 124 cm³/mol. The van der Waals surface area contributed by atoms with Gasteiger partial charge in [-0.2, -0.15) is 0 Å². The van der Waals surface area contributed by atoms with E-state index >= 15 is 0 Å². The third-order valence-corrected chi connectivity index (χ3v) is 8.38. The quantitative estimate of drug-likeness (QED) is 0.393. The summed E-state index contributed by atoms with van der Waals surface area (Å²) in [5, 5.41) is 10.6. The molecule has 0 aliphatic carbocycles. The number of nitrogens with one attached hydrogen (secondary N) is 2. The number of hydrogen-bond acceptors (Lipinski definition) is 7. The van der Waals surface area contributed by atoms with Gasteiger partial charge in [0, 0.05) is 17.6 Å². The molecular weight excluding hydrogens is 481 g/mol. The van der Waals surface area contributed by atoms with Crippen molar-refractivity contribution in [2.24, 2.45) is 0 Å². The van der Waals surface area contributed by atoms with Gasteiger partial charge in [-0.05, 0) is 57.0 Å². The molecule has 8 nitrogen and oxygen atoms in total. The van der Waals surface area contributed by atoms with E-state index in [1.807, 2.05) is 0 Å². The van der Waals surface area contributed by atoms with Crippen molar-refractivity contribution in [1.82, 2.24) is 19.8 Å². The third kappa shape index (κ3) is 6.59. The molecule has 1 fully saturated rings. The van der Waals surface area contributed by atoms with E-state index in [-0.39, 0.29) is 20.1 Å². The van der Waals surface area contributed by atoms with E-state index < -0.39 is 15.9 Å². The first-order valence-electron chi connectivity index (χ1n) is 10.1. The zero-order valence-electron chi connectivity index (χ0n) is 17.1. The number of benzene rings is 1. The lowest BCUT2D eigenvalue weighted by Crippen LogP contribution is -2.40. The van der Waals surface area contributed by atoms with Gasteiger partial charge in [0.15, 0.2) is 0 Å². The van der Waals surface area contributed by atoms with Crippen molar-refractivity contribution in [2.45, 2.75) is 49.4 Å². The minimum absolute atomic E-state index is 0.0653. The molecule has 1 aliphatic rings. The number of nitrogens with zero attached hydrogens (tertiary/aromatic N) is 3. The monoisotopic (exact) mass is 505 g/mol. The van der Waals surface area contributed by atoms with E-state index in [4.69, 9.17) is 23.2 Å². The molecule has 12 heteroatoms. The Morgan fingerprint density at radius 2 is 2.10 bits per heavy atom. The number of carbonyl (C=O) groups excluding carboxylic acids is 1. The zero-order valence-corrected chi connectivity index (χ0v) is 20.2. The Bertz CT molecular complexity index is 1020. The number of carbonyl (C=O) groups is 1. The minimum atomic E-state index is -3.79. The van der Waals surface area contributed by atoms with E-state index in [1.54, 1.807) is 0 Å². The maximum absolute atomic E-state index is 12.5. The summed E-state index contributed by atoms with van der Waals surface area (Å²) in [5.74, 6) is -0.526. The number of amides is 1. The molecule has 1 atom stereocenters. The van der Waals surface area contributed by atoms with Gasteiger partial charge in [0.1, 0.15) is 0 Å². The molecular formula is C19H25Cl2N5O3S2. The fraction of sp³-hybridized carbons (Fsp3) is 0.526.